The molecule has 0 atom stereocenters. The topological polar surface area (TPSA) is 75.4 Å². The number of thiophene rings is 1. The summed E-state index contributed by atoms with van der Waals surface area (Å²) in [5.74, 6) is 0.412. The zero-order valence-electron chi connectivity index (χ0n) is 16.8. The number of nitrogens with zero attached hydrogens (tertiary/aromatic N) is 2. The highest BCUT2D eigenvalue weighted by atomic mass is 32.1. The number of amides is 2. The normalized spacial score (nSPS) is 13.9. The van der Waals surface area contributed by atoms with Crippen molar-refractivity contribution in [2.24, 2.45) is 0 Å². The summed E-state index contributed by atoms with van der Waals surface area (Å²) < 4.78 is 5.54. The third kappa shape index (κ3) is 5.16. The standard InChI is InChI=1S/C23H25N3O3S/c27-21(11-10-19-5-4-14-30-19)24-15-17-6-8-18(9-7-17)22-25-20(16-29-22)23(28)26-12-2-1-3-13-26/h4-9,14,16H,1-3,10-13,15H2,(H,24,27). The fraction of sp³-hybridized carbons (Fsp3) is 0.348. The van der Waals surface area contributed by atoms with Gasteiger partial charge in [-0.2, -0.15) is 0 Å². The molecule has 1 aliphatic heterocycles. The number of rotatable bonds is 7. The van der Waals surface area contributed by atoms with Gasteiger partial charge in [0.05, 0.1) is 0 Å². The number of piperidine rings is 1. The highest BCUT2D eigenvalue weighted by Gasteiger charge is 2.21. The Kier molecular flexibility index (Phi) is 6.59. The van der Waals surface area contributed by atoms with E-state index in [2.05, 4.69) is 10.3 Å². The molecule has 30 heavy (non-hydrogen) atoms. The number of carbonyl (C=O) groups is 2. The van der Waals surface area contributed by atoms with Crippen LogP contribution in [-0.2, 0) is 17.8 Å². The maximum absolute atomic E-state index is 12.5. The lowest BCUT2D eigenvalue weighted by Gasteiger charge is -2.25. The molecule has 0 saturated carbocycles. The lowest BCUT2D eigenvalue weighted by molar-refractivity contribution is -0.121. The molecule has 0 unspecified atom stereocenters. The Morgan fingerprint density at radius 3 is 2.63 bits per heavy atom. The van der Waals surface area contributed by atoms with E-state index in [1.807, 2.05) is 46.7 Å². The van der Waals surface area contributed by atoms with Crippen molar-refractivity contribution in [1.82, 2.24) is 15.2 Å². The predicted octanol–water partition coefficient (Wildman–Crippen LogP) is 4.28. The molecule has 0 spiro atoms. The summed E-state index contributed by atoms with van der Waals surface area (Å²) in [6.45, 7) is 2.05. The van der Waals surface area contributed by atoms with Gasteiger partial charge >= 0.3 is 0 Å². The van der Waals surface area contributed by atoms with Crippen molar-refractivity contribution in [3.05, 3.63) is 64.2 Å². The Hall–Kier alpha value is -2.93. The van der Waals surface area contributed by atoms with Crippen LogP contribution in [0.5, 0.6) is 0 Å². The minimum absolute atomic E-state index is 0.0426. The lowest BCUT2D eigenvalue weighted by atomic mass is 10.1. The highest BCUT2D eigenvalue weighted by molar-refractivity contribution is 7.09. The number of carbonyl (C=O) groups excluding carboxylic acids is 2. The Morgan fingerprint density at radius 2 is 1.90 bits per heavy atom. The molecule has 3 aromatic rings. The molecule has 1 N–H and O–H groups in total. The first-order valence-electron chi connectivity index (χ1n) is 10.3. The molecule has 0 aliphatic carbocycles. The van der Waals surface area contributed by atoms with Crippen LogP contribution in [0.2, 0.25) is 0 Å². The molecule has 6 nitrogen and oxygen atoms in total. The number of likely N-dealkylation sites (tertiary alicyclic amines) is 1. The second-order valence-corrected chi connectivity index (χ2v) is 8.48. The van der Waals surface area contributed by atoms with Gasteiger partial charge in [0.25, 0.3) is 5.91 Å². The molecule has 1 saturated heterocycles. The first-order chi connectivity index (χ1) is 14.7. The number of hydrogen-bond acceptors (Lipinski definition) is 5. The van der Waals surface area contributed by atoms with Crippen LogP contribution in [0.4, 0.5) is 0 Å². The average Bonchev–Trinajstić information content (AvgIpc) is 3.49. The maximum Gasteiger partial charge on any atom is 0.275 e. The molecule has 7 heteroatoms. The van der Waals surface area contributed by atoms with Crippen molar-refractivity contribution >= 4 is 23.2 Å². The van der Waals surface area contributed by atoms with E-state index in [1.54, 1.807) is 11.3 Å². The van der Waals surface area contributed by atoms with Crippen LogP contribution in [-0.4, -0.2) is 34.8 Å². The molecule has 0 bridgehead atoms. The lowest BCUT2D eigenvalue weighted by Crippen LogP contribution is -2.35. The van der Waals surface area contributed by atoms with Gasteiger partial charge in [-0.3, -0.25) is 9.59 Å². The molecule has 3 heterocycles. The quantitative estimate of drug-likeness (QED) is 0.615. The van der Waals surface area contributed by atoms with Gasteiger partial charge in [0.1, 0.15) is 6.26 Å². The number of aryl methyl sites for hydroxylation is 1. The largest absolute Gasteiger partial charge is 0.444 e. The molecule has 1 aliphatic rings. The smallest absolute Gasteiger partial charge is 0.275 e. The van der Waals surface area contributed by atoms with Crippen LogP contribution in [0.1, 0.15) is 46.6 Å². The number of hydrogen-bond donors (Lipinski definition) is 1. The highest BCUT2D eigenvalue weighted by Crippen LogP contribution is 2.21. The third-order valence-corrected chi connectivity index (χ3v) is 6.17. The van der Waals surface area contributed by atoms with E-state index in [1.165, 1.54) is 17.6 Å². The Balaban J connectivity index is 1.29. The summed E-state index contributed by atoms with van der Waals surface area (Å²) in [6.07, 6.45) is 5.96. The minimum atomic E-state index is -0.0634. The van der Waals surface area contributed by atoms with Gasteiger partial charge in [-0.15, -0.1) is 11.3 Å². The monoisotopic (exact) mass is 423 g/mol. The molecular formula is C23H25N3O3S. The number of nitrogens with one attached hydrogen (secondary N) is 1. The van der Waals surface area contributed by atoms with Gasteiger partial charge in [0.15, 0.2) is 5.69 Å². The van der Waals surface area contributed by atoms with Crippen molar-refractivity contribution in [3.8, 4) is 11.5 Å². The van der Waals surface area contributed by atoms with E-state index in [4.69, 9.17) is 4.42 Å². The van der Waals surface area contributed by atoms with Crippen LogP contribution in [0.25, 0.3) is 11.5 Å². The van der Waals surface area contributed by atoms with Crippen LogP contribution in [0, 0.1) is 0 Å². The van der Waals surface area contributed by atoms with Crippen molar-refractivity contribution in [3.63, 3.8) is 0 Å². The van der Waals surface area contributed by atoms with E-state index in [0.29, 0.717) is 24.6 Å². The summed E-state index contributed by atoms with van der Waals surface area (Å²) in [5.41, 5.74) is 2.16. The van der Waals surface area contributed by atoms with Crippen LogP contribution < -0.4 is 5.32 Å². The van der Waals surface area contributed by atoms with E-state index < -0.39 is 0 Å². The molecule has 1 fully saturated rings. The fourth-order valence-electron chi connectivity index (χ4n) is 3.51. The van der Waals surface area contributed by atoms with Gasteiger partial charge in [-0.05, 0) is 54.8 Å². The summed E-state index contributed by atoms with van der Waals surface area (Å²) in [5, 5.41) is 4.98. The van der Waals surface area contributed by atoms with E-state index >= 15 is 0 Å². The van der Waals surface area contributed by atoms with Gasteiger partial charge in [-0.25, -0.2) is 4.98 Å². The first kappa shape index (κ1) is 20.3. The van der Waals surface area contributed by atoms with Gasteiger partial charge in [0, 0.05) is 36.5 Å². The number of benzene rings is 1. The molecule has 156 valence electrons. The Labute approximate surface area is 179 Å². The SMILES string of the molecule is O=C(CCc1cccs1)NCc1ccc(-c2nc(C(=O)N3CCCCC3)co2)cc1. The number of aromatic nitrogens is 1. The summed E-state index contributed by atoms with van der Waals surface area (Å²) >= 11 is 1.67. The van der Waals surface area contributed by atoms with Gasteiger partial charge < -0.3 is 14.6 Å². The average molecular weight is 424 g/mol. The van der Waals surface area contributed by atoms with Gasteiger partial charge in [-0.1, -0.05) is 18.2 Å². The molecule has 4 rings (SSSR count). The predicted molar refractivity (Wildman–Crippen MR) is 116 cm³/mol. The maximum atomic E-state index is 12.5. The summed E-state index contributed by atoms with van der Waals surface area (Å²) in [7, 11) is 0. The van der Waals surface area contributed by atoms with Crippen LogP contribution in [0.15, 0.2) is 52.5 Å². The van der Waals surface area contributed by atoms with E-state index in [9.17, 15) is 9.59 Å². The number of oxazole rings is 1. The third-order valence-electron chi connectivity index (χ3n) is 5.24. The van der Waals surface area contributed by atoms with Crippen molar-refractivity contribution in [1.29, 1.82) is 0 Å². The van der Waals surface area contributed by atoms with Crippen molar-refractivity contribution in [2.75, 3.05) is 13.1 Å². The Morgan fingerprint density at radius 1 is 1.10 bits per heavy atom. The first-order valence-corrected chi connectivity index (χ1v) is 11.2. The minimum Gasteiger partial charge on any atom is -0.444 e. The fourth-order valence-corrected chi connectivity index (χ4v) is 4.22. The van der Waals surface area contributed by atoms with Crippen molar-refractivity contribution in [2.45, 2.75) is 38.6 Å². The van der Waals surface area contributed by atoms with Crippen LogP contribution >= 0.6 is 11.3 Å². The van der Waals surface area contributed by atoms with Crippen molar-refractivity contribution < 1.29 is 14.0 Å². The second kappa shape index (κ2) is 9.71. The zero-order valence-corrected chi connectivity index (χ0v) is 17.6. The molecule has 2 aromatic heterocycles. The van der Waals surface area contributed by atoms with E-state index in [-0.39, 0.29) is 11.8 Å². The molecule has 2 amide bonds. The molecule has 0 radical (unpaired) electrons. The summed E-state index contributed by atoms with van der Waals surface area (Å²) in [4.78, 5) is 32.0. The van der Waals surface area contributed by atoms with E-state index in [0.717, 1.165) is 43.5 Å². The second-order valence-electron chi connectivity index (χ2n) is 7.44. The van der Waals surface area contributed by atoms with Gasteiger partial charge in [0.2, 0.25) is 11.8 Å². The van der Waals surface area contributed by atoms with Crippen LogP contribution in [0.3, 0.4) is 0 Å². The zero-order chi connectivity index (χ0) is 20.8. The Bertz CT molecular complexity index is 974. The summed E-state index contributed by atoms with van der Waals surface area (Å²) in [6, 6.07) is 11.7. The molecule has 1 aromatic carbocycles. The molecular weight excluding hydrogens is 398 g/mol.